The average Bonchev–Trinajstić information content (AvgIpc) is 2.84. The Morgan fingerprint density at radius 1 is 1.20 bits per heavy atom. The van der Waals surface area contributed by atoms with Crippen LogP contribution < -0.4 is 5.32 Å². The zero-order valence-corrected chi connectivity index (χ0v) is 11.6. The molecule has 0 aliphatic heterocycles. The average molecular weight is 290 g/mol. The monoisotopic (exact) mass is 289 g/mol. The van der Waals surface area contributed by atoms with E-state index in [0.29, 0.717) is 30.5 Å². The number of rotatable bonds is 4. The third kappa shape index (κ3) is 2.70. The van der Waals surface area contributed by atoms with E-state index in [1.165, 1.54) is 0 Å². The molecule has 2 aromatic heterocycles. The lowest BCUT2D eigenvalue weighted by molar-refractivity contribution is 0.387. The molecule has 0 spiro atoms. The van der Waals surface area contributed by atoms with Gasteiger partial charge in [-0.2, -0.15) is 4.98 Å². The van der Waals surface area contributed by atoms with Gasteiger partial charge in [0.05, 0.1) is 5.52 Å². The first-order chi connectivity index (χ1) is 9.72. The summed E-state index contributed by atoms with van der Waals surface area (Å²) in [4.78, 5) is 12.5. The number of benzene rings is 1. The van der Waals surface area contributed by atoms with Crippen molar-refractivity contribution in [2.45, 2.75) is 13.3 Å². The quantitative estimate of drug-likeness (QED) is 0.744. The van der Waals surface area contributed by atoms with Crippen molar-refractivity contribution in [3.63, 3.8) is 0 Å². The molecule has 0 radical (unpaired) electrons. The Bertz CT molecular complexity index is 742. The van der Waals surface area contributed by atoms with Gasteiger partial charge < -0.3 is 9.84 Å². The summed E-state index contributed by atoms with van der Waals surface area (Å²) >= 11 is 5.92. The maximum Gasteiger partial charge on any atom is 0.224 e. The molecule has 0 aliphatic rings. The van der Waals surface area contributed by atoms with Crippen LogP contribution in [0, 0.1) is 6.92 Å². The van der Waals surface area contributed by atoms with Crippen molar-refractivity contribution in [3.05, 3.63) is 41.3 Å². The zero-order valence-electron chi connectivity index (χ0n) is 10.8. The molecule has 7 heteroatoms. The van der Waals surface area contributed by atoms with Crippen LogP contribution in [0.4, 0.5) is 5.82 Å². The van der Waals surface area contributed by atoms with Crippen molar-refractivity contribution >= 4 is 28.3 Å². The van der Waals surface area contributed by atoms with Crippen LogP contribution >= 0.6 is 11.6 Å². The maximum atomic E-state index is 5.92. The van der Waals surface area contributed by atoms with Gasteiger partial charge in [-0.15, -0.1) is 0 Å². The molecule has 1 aromatic carbocycles. The maximum absolute atomic E-state index is 5.92. The molecular weight excluding hydrogens is 278 g/mol. The summed E-state index contributed by atoms with van der Waals surface area (Å²) in [6, 6.07) is 7.70. The minimum Gasteiger partial charge on any atom is -0.369 e. The van der Waals surface area contributed by atoms with E-state index in [1.54, 1.807) is 6.92 Å². The van der Waals surface area contributed by atoms with Crippen molar-refractivity contribution in [1.29, 1.82) is 0 Å². The van der Waals surface area contributed by atoms with Gasteiger partial charge in [-0.3, -0.25) is 0 Å². The fourth-order valence-electron chi connectivity index (χ4n) is 1.92. The molecule has 20 heavy (non-hydrogen) atoms. The molecule has 3 aromatic rings. The molecule has 0 bridgehead atoms. The molecule has 0 saturated carbocycles. The summed E-state index contributed by atoms with van der Waals surface area (Å²) in [7, 11) is 0. The molecule has 3 rings (SSSR count). The fraction of sp³-hybridized carbons (Fsp3) is 0.231. The minimum absolute atomic E-state index is 0.224. The van der Waals surface area contributed by atoms with Crippen LogP contribution in [0.15, 0.2) is 28.8 Å². The lowest BCUT2D eigenvalue weighted by Crippen LogP contribution is -2.08. The number of nitrogens with zero attached hydrogens (tertiary/aromatic N) is 4. The van der Waals surface area contributed by atoms with Crippen LogP contribution in [-0.4, -0.2) is 26.7 Å². The van der Waals surface area contributed by atoms with Crippen LogP contribution in [0.1, 0.15) is 11.7 Å². The van der Waals surface area contributed by atoms with Gasteiger partial charge in [0.15, 0.2) is 5.82 Å². The first kappa shape index (κ1) is 12.8. The number of aryl methyl sites for hydroxylation is 1. The van der Waals surface area contributed by atoms with E-state index in [2.05, 4.69) is 25.4 Å². The molecule has 2 heterocycles. The second kappa shape index (κ2) is 5.42. The molecular formula is C13H12ClN5O. The van der Waals surface area contributed by atoms with E-state index in [-0.39, 0.29) is 5.28 Å². The van der Waals surface area contributed by atoms with Crippen molar-refractivity contribution < 1.29 is 4.52 Å². The Balaban J connectivity index is 1.77. The number of nitrogens with one attached hydrogen (secondary N) is 1. The molecule has 0 unspecified atom stereocenters. The van der Waals surface area contributed by atoms with Gasteiger partial charge in [0.2, 0.25) is 11.2 Å². The smallest absolute Gasteiger partial charge is 0.224 e. The van der Waals surface area contributed by atoms with Gasteiger partial charge in [-0.1, -0.05) is 17.3 Å². The lowest BCUT2D eigenvalue weighted by Gasteiger charge is -2.07. The Morgan fingerprint density at radius 3 is 2.85 bits per heavy atom. The molecule has 0 fully saturated rings. The van der Waals surface area contributed by atoms with Crippen LogP contribution in [-0.2, 0) is 6.42 Å². The number of hydrogen-bond acceptors (Lipinski definition) is 6. The van der Waals surface area contributed by atoms with Crippen LogP contribution in [0.3, 0.4) is 0 Å². The Kier molecular flexibility index (Phi) is 3.47. The largest absolute Gasteiger partial charge is 0.369 e. The summed E-state index contributed by atoms with van der Waals surface area (Å²) in [5.74, 6) is 1.94. The molecule has 0 atom stereocenters. The van der Waals surface area contributed by atoms with Crippen LogP contribution in [0.2, 0.25) is 5.28 Å². The van der Waals surface area contributed by atoms with Gasteiger partial charge in [-0.25, -0.2) is 9.97 Å². The van der Waals surface area contributed by atoms with Gasteiger partial charge in [0, 0.05) is 25.3 Å². The highest BCUT2D eigenvalue weighted by atomic mass is 35.5. The third-order valence-corrected chi connectivity index (χ3v) is 2.96. The van der Waals surface area contributed by atoms with E-state index in [9.17, 15) is 0 Å². The number of hydrogen-bond donors (Lipinski definition) is 1. The molecule has 0 amide bonds. The molecule has 102 valence electrons. The van der Waals surface area contributed by atoms with Crippen molar-refractivity contribution in [2.75, 3.05) is 11.9 Å². The molecule has 6 nitrogen and oxygen atoms in total. The summed E-state index contributed by atoms with van der Waals surface area (Å²) in [6.07, 6.45) is 0.646. The number of halogens is 1. The van der Waals surface area contributed by atoms with Crippen LogP contribution in [0.5, 0.6) is 0 Å². The highest BCUT2D eigenvalue weighted by Gasteiger charge is 2.07. The molecule has 1 N–H and O–H groups in total. The Labute approximate surface area is 120 Å². The predicted molar refractivity (Wildman–Crippen MR) is 75.8 cm³/mol. The van der Waals surface area contributed by atoms with E-state index in [1.807, 2.05) is 24.3 Å². The summed E-state index contributed by atoms with van der Waals surface area (Å²) in [6.45, 7) is 2.40. The first-order valence-corrected chi connectivity index (χ1v) is 6.55. The second-order valence-corrected chi connectivity index (χ2v) is 4.60. The minimum atomic E-state index is 0.224. The fourth-order valence-corrected chi connectivity index (χ4v) is 2.09. The first-order valence-electron chi connectivity index (χ1n) is 6.18. The normalized spacial score (nSPS) is 10.9. The number of para-hydroxylation sites is 1. The van der Waals surface area contributed by atoms with E-state index in [0.717, 1.165) is 10.9 Å². The summed E-state index contributed by atoms with van der Waals surface area (Å²) in [5.41, 5.74) is 0.811. The second-order valence-electron chi connectivity index (χ2n) is 4.26. The number of anilines is 1. The number of fused-ring (bicyclic) bond motifs is 1. The van der Waals surface area contributed by atoms with Gasteiger partial charge in [-0.05, 0) is 23.7 Å². The zero-order chi connectivity index (χ0) is 13.9. The van der Waals surface area contributed by atoms with Crippen molar-refractivity contribution in [3.8, 4) is 0 Å². The van der Waals surface area contributed by atoms with E-state index < -0.39 is 0 Å². The third-order valence-electron chi connectivity index (χ3n) is 2.79. The van der Waals surface area contributed by atoms with Crippen LogP contribution in [0.25, 0.3) is 10.9 Å². The highest BCUT2D eigenvalue weighted by Crippen LogP contribution is 2.21. The topological polar surface area (TPSA) is 76.7 Å². The highest BCUT2D eigenvalue weighted by molar-refractivity contribution is 6.28. The summed E-state index contributed by atoms with van der Waals surface area (Å²) < 4.78 is 4.92. The predicted octanol–water partition coefficient (Wildman–Crippen LogP) is 2.63. The Morgan fingerprint density at radius 2 is 2.05 bits per heavy atom. The van der Waals surface area contributed by atoms with Gasteiger partial charge in [0.1, 0.15) is 5.82 Å². The van der Waals surface area contributed by atoms with E-state index >= 15 is 0 Å². The molecule has 0 saturated heterocycles. The van der Waals surface area contributed by atoms with Crippen molar-refractivity contribution in [2.24, 2.45) is 0 Å². The SMILES string of the molecule is Cc1nc(CCNc2nc(Cl)nc3ccccc23)no1. The summed E-state index contributed by atoms with van der Waals surface area (Å²) in [5, 5.41) is 8.23. The number of aromatic nitrogens is 4. The lowest BCUT2D eigenvalue weighted by atomic mass is 10.2. The van der Waals surface area contributed by atoms with Gasteiger partial charge in [0.25, 0.3) is 0 Å². The van der Waals surface area contributed by atoms with E-state index in [4.69, 9.17) is 16.1 Å². The standard InChI is InChI=1S/C13H12ClN5O/c1-8-16-11(19-20-8)6-7-15-12-9-4-2-3-5-10(9)17-13(14)18-12/h2-5H,6-7H2,1H3,(H,15,17,18). The Hall–Kier alpha value is -2.21. The molecule has 0 aliphatic carbocycles. The van der Waals surface area contributed by atoms with Gasteiger partial charge >= 0.3 is 0 Å². The van der Waals surface area contributed by atoms with Crippen molar-refractivity contribution in [1.82, 2.24) is 20.1 Å².